The van der Waals surface area contributed by atoms with E-state index in [2.05, 4.69) is 13.8 Å². The van der Waals surface area contributed by atoms with Gasteiger partial charge in [-0.15, -0.1) is 0 Å². The normalized spacial score (nSPS) is 33.7. The fourth-order valence-electron chi connectivity index (χ4n) is 5.07. The van der Waals surface area contributed by atoms with E-state index in [0.29, 0.717) is 11.8 Å². The highest BCUT2D eigenvalue weighted by Crippen LogP contribution is 2.40. The fourth-order valence-corrected chi connectivity index (χ4v) is 5.07. The highest BCUT2D eigenvalue weighted by atomic mass is 16.5. The first-order chi connectivity index (χ1) is 13.8. The maximum atomic E-state index is 12.9. The number of hydrogen-bond donors (Lipinski definition) is 3. The van der Waals surface area contributed by atoms with Gasteiger partial charge in [0, 0.05) is 12.1 Å². The summed E-state index contributed by atoms with van der Waals surface area (Å²) >= 11 is 0. The standard InChI is InChI=1S/C23H34N2O4/c1-13-10-15(6-8-19(13)24)21(16-7-9-20(25)14(2)11-16)29-23(28)18-5-3-4-17(12-18)22(26)27/h3-5,12-16,19-21H,6-11,24-25H2,1-2H3,(H,26,27). The van der Waals surface area contributed by atoms with Gasteiger partial charge in [0.1, 0.15) is 6.10 Å². The molecule has 0 aliphatic heterocycles. The third-order valence-corrected chi connectivity index (χ3v) is 7.07. The van der Waals surface area contributed by atoms with E-state index < -0.39 is 11.9 Å². The van der Waals surface area contributed by atoms with Gasteiger partial charge >= 0.3 is 11.9 Å². The van der Waals surface area contributed by atoms with Crippen LogP contribution in [0.3, 0.4) is 0 Å². The van der Waals surface area contributed by atoms with Crippen molar-refractivity contribution in [3.05, 3.63) is 35.4 Å². The van der Waals surface area contributed by atoms with Crippen LogP contribution in [0.4, 0.5) is 0 Å². The molecule has 0 spiro atoms. The van der Waals surface area contributed by atoms with Crippen molar-refractivity contribution in [1.29, 1.82) is 0 Å². The number of carboxylic acid groups (broad SMARTS) is 1. The van der Waals surface area contributed by atoms with Gasteiger partial charge in [0.2, 0.25) is 0 Å². The van der Waals surface area contributed by atoms with Crippen LogP contribution in [0.25, 0.3) is 0 Å². The summed E-state index contributed by atoms with van der Waals surface area (Å²) in [5.41, 5.74) is 12.8. The molecule has 0 aromatic heterocycles. The van der Waals surface area contributed by atoms with Crippen LogP contribution in [0.5, 0.6) is 0 Å². The van der Waals surface area contributed by atoms with E-state index in [1.54, 1.807) is 12.1 Å². The lowest BCUT2D eigenvalue weighted by atomic mass is 9.69. The molecule has 29 heavy (non-hydrogen) atoms. The second kappa shape index (κ2) is 9.26. The second-order valence-electron chi connectivity index (χ2n) is 9.18. The molecule has 0 heterocycles. The van der Waals surface area contributed by atoms with Crippen molar-refractivity contribution < 1.29 is 19.4 Å². The van der Waals surface area contributed by atoms with Gasteiger partial charge in [-0.25, -0.2) is 9.59 Å². The number of hydrogen-bond acceptors (Lipinski definition) is 5. The predicted molar refractivity (Wildman–Crippen MR) is 112 cm³/mol. The number of rotatable bonds is 5. The van der Waals surface area contributed by atoms with Gasteiger partial charge in [-0.3, -0.25) is 0 Å². The molecule has 0 radical (unpaired) electrons. The van der Waals surface area contributed by atoms with E-state index in [1.807, 2.05) is 0 Å². The summed E-state index contributed by atoms with van der Waals surface area (Å²) in [5, 5.41) is 9.21. The van der Waals surface area contributed by atoms with Crippen molar-refractivity contribution in [2.24, 2.45) is 35.1 Å². The summed E-state index contributed by atoms with van der Waals surface area (Å²) in [6.07, 6.45) is 5.51. The molecule has 0 saturated heterocycles. The Balaban J connectivity index is 1.80. The Labute approximate surface area is 173 Å². The monoisotopic (exact) mass is 402 g/mol. The van der Waals surface area contributed by atoms with Gasteiger partial charge in [-0.1, -0.05) is 19.9 Å². The van der Waals surface area contributed by atoms with Gasteiger partial charge in [0.05, 0.1) is 11.1 Å². The number of aromatic carboxylic acids is 1. The van der Waals surface area contributed by atoms with E-state index >= 15 is 0 Å². The van der Waals surface area contributed by atoms with Crippen LogP contribution < -0.4 is 11.5 Å². The molecule has 160 valence electrons. The van der Waals surface area contributed by atoms with Gasteiger partial charge in [-0.2, -0.15) is 0 Å². The van der Waals surface area contributed by atoms with Crippen LogP contribution in [0.15, 0.2) is 24.3 Å². The Hall–Kier alpha value is -1.92. The first kappa shape index (κ1) is 21.8. The van der Waals surface area contributed by atoms with Crippen LogP contribution in [0.1, 0.15) is 73.1 Å². The van der Waals surface area contributed by atoms with Crippen molar-refractivity contribution in [2.75, 3.05) is 0 Å². The van der Waals surface area contributed by atoms with Crippen LogP contribution in [0.2, 0.25) is 0 Å². The average Bonchev–Trinajstić information content (AvgIpc) is 2.70. The minimum absolute atomic E-state index is 0.0884. The minimum Gasteiger partial charge on any atom is -0.478 e. The summed E-state index contributed by atoms with van der Waals surface area (Å²) in [5.74, 6) is -0.141. The van der Waals surface area contributed by atoms with Crippen molar-refractivity contribution in [2.45, 2.75) is 70.6 Å². The van der Waals surface area contributed by atoms with Gasteiger partial charge in [0.25, 0.3) is 0 Å². The molecule has 6 heteroatoms. The predicted octanol–water partition coefficient (Wildman–Crippen LogP) is 3.44. The minimum atomic E-state index is -1.05. The van der Waals surface area contributed by atoms with Crippen molar-refractivity contribution in [1.82, 2.24) is 0 Å². The fraction of sp³-hybridized carbons (Fsp3) is 0.652. The number of carbonyl (C=O) groups is 2. The zero-order chi connectivity index (χ0) is 21.1. The Morgan fingerprint density at radius 3 is 1.97 bits per heavy atom. The smallest absolute Gasteiger partial charge is 0.338 e. The van der Waals surface area contributed by atoms with Crippen LogP contribution >= 0.6 is 0 Å². The van der Waals surface area contributed by atoms with E-state index in [1.165, 1.54) is 12.1 Å². The third kappa shape index (κ3) is 5.17. The number of esters is 1. The average molecular weight is 403 g/mol. The highest BCUT2D eigenvalue weighted by Gasteiger charge is 2.40. The molecular weight excluding hydrogens is 368 g/mol. The van der Waals surface area contributed by atoms with E-state index in [-0.39, 0.29) is 41.2 Å². The topological polar surface area (TPSA) is 116 Å². The molecule has 2 aliphatic rings. The zero-order valence-electron chi connectivity index (χ0n) is 17.4. The van der Waals surface area contributed by atoms with E-state index in [9.17, 15) is 14.7 Å². The highest BCUT2D eigenvalue weighted by molar-refractivity contribution is 5.94. The molecule has 2 fully saturated rings. The Kier molecular flexibility index (Phi) is 6.96. The molecular formula is C23H34N2O4. The van der Waals surface area contributed by atoms with Crippen LogP contribution in [0, 0.1) is 23.7 Å². The number of nitrogens with two attached hydrogens (primary N) is 2. The first-order valence-corrected chi connectivity index (χ1v) is 10.8. The van der Waals surface area contributed by atoms with Crippen LogP contribution in [-0.2, 0) is 4.74 Å². The summed E-state index contributed by atoms with van der Waals surface area (Å²) < 4.78 is 6.10. The number of carboxylic acids is 1. The molecule has 6 nitrogen and oxygen atoms in total. The van der Waals surface area contributed by atoms with Crippen LogP contribution in [-0.4, -0.2) is 35.2 Å². The molecule has 1 aromatic carbocycles. The molecule has 5 N–H and O–H groups in total. The third-order valence-electron chi connectivity index (χ3n) is 7.07. The van der Waals surface area contributed by atoms with Crippen molar-refractivity contribution in [3.63, 3.8) is 0 Å². The Bertz CT molecular complexity index is 711. The Morgan fingerprint density at radius 1 is 0.966 bits per heavy atom. The van der Waals surface area contributed by atoms with Gasteiger partial charge < -0.3 is 21.3 Å². The lowest BCUT2D eigenvalue weighted by Gasteiger charge is -2.42. The molecule has 3 rings (SSSR count). The molecule has 0 bridgehead atoms. The largest absolute Gasteiger partial charge is 0.478 e. The lowest BCUT2D eigenvalue weighted by Crippen LogP contribution is -2.45. The van der Waals surface area contributed by atoms with E-state index in [4.69, 9.17) is 16.2 Å². The number of ether oxygens (including phenoxy) is 1. The summed E-state index contributed by atoms with van der Waals surface area (Å²) in [6, 6.07) is 6.47. The molecule has 0 amide bonds. The molecule has 6 unspecified atom stereocenters. The first-order valence-electron chi connectivity index (χ1n) is 10.8. The van der Waals surface area contributed by atoms with Crippen molar-refractivity contribution >= 4 is 11.9 Å². The maximum Gasteiger partial charge on any atom is 0.338 e. The van der Waals surface area contributed by atoms with E-state index in [0.717, 1.165) is 38.5 Å². The molecule has 1 aromatic rings. The number of benzene rings is 1. The molecule has 2 saturated carbocycles. The Morgan fingerprint density at radius 2 is 1.48 bits per heavy atom. The van der Waals surface area contributed by atoms with Gasteiger partial charge in [-0.05, 0) is 80.4 Å². The quantitative estimate of drug-likeness (QED) is 0.650. The second-order valence-corrected chi connectivity index (χ2v) is 9.18. The lowest BCUT2D eigenvalue weighted by molar-refractivity contribution is -0.0343. The summed E-state index contributed by atoms with van der Waals surface area (Å²) in [4.78, 5) is 24.2. The number of carbonyl (C=O) groups excluding carboxylic acids is 1. The zero-order valence-corrected chi connectivity index (χ0v) is 17.4. The SMILES string of the molecule is CC1CC(C(OC(=O)c2cccc(C(=O)O)c2)C2CCC(N)C(C)C2)CCC1N. The summed E-state index contributed by atoms with van der Waals surface area (Å²) in [7, 11) is 0. The van der Waals surface area contributed by atoms with Crippen molar-refractivity contribution in [3.8, 4) is 0 Å². The molecule has 6 atom stereocenters. The van der Waals surface area contributed by atoms with Gasteiger partial charge in [0.15, 0.2) is 0 Å². The summed E-state index contributed by atoms with van der Waals surface area (Å²) in [6.45, 7) is 4.34. The molecule has 2 aliphatic carbocycles. The maximum absolute atomic E-state index is 12.9.